The first-order valence-electron chi connectivity index (χ1n) is 9.25. The number of carbonyl (C=O) groups is 1. The zero-order valence-corrected chi connectivity index (χ0v) is 16.4. The van der Waals surface area contributed by atoms with Gasteiger partial charge in [0.25, 0.3) is 5.91 Å². The standard InChI is InChI=1S/C21H21ClF3NO3/c22-17-7-9-18(10-8-17)29-14-20(27)26-11-1-2-19(12-26)28-13-15-3-5-16(6-4-15)21(23,24)25/h3-10,19H,1-2,11-14H2/t19-/m1/s1. The van der Waals surface area contributed by atoms with Gasteiger partial charge in [0.2, 0.25) is 0 Å². The van der Waals surface area contributed by atoms with Gasteiger partial charge in [0.05, 0.1) is 18.3 Å². The molecule has 29 heavy (non-hydrogen) atoms. The monoisotopic (exact) mass is 427 g/mol. The van der Waals surface area contributed by atoms with Gasteiger partial charge in [0, 0.05) is 18.1 Å². The second-order valence-corrected chi connectivity index (χ2v) is 7.29. The topological polar surface area (TPSA) is 38.8 Å². The average Bonchev–Trinajstić information content (AvgIpc) is 2.71. The van der Waals surface area contributed by atoms with E-state index in [2.05, 4.69) is 0 Å². The van der Waals surface area contributed by atoms with Crippen LogP contribution in [0.3, 0.4) is 0 Å². The third-order valence-electron chi connectivity index (χ3n) is 4.67. The fourth-order valence-electron chi connectivity index (χ4n) is 3.07. The van der Waals surface area contributed by atoms with Crippen molar-refractivity contribution < 1.29 is 27.4 Å². The van der Waals surface area contributed by atoms with E-state index in [1.54, 1.807) is 29.2 Å². The largest absolute Gasteiger partial charge is 0.484 e. The summed E-state index contributed by atoms with van der Waals surface area (Å²) >= 11 is 5.82. The molecule has 8 heteroatoms. The van der Waals surface area contributed by atoms with Crippen LogP contribution >= 0.6 is 11.6 Å². The Morgan fingerprint density at radius 3 is 2.45 bits per heavy atom. The first-order chi connectivity index (χ1) is 13.8. The highest BCUT2D eigenvalue weighted by molar-refractivity contribution is 6.30. The molecule has 1 heterocycles. The number of amides is 1. The van der Waals surface area contributed by atoms with Gasteiger partial charge in [-0.3, -0.25) is 4.79 Å². The van der Waals surface area contributed by atoms with Crippen LogP contribution in [0.5, 0.6) is 5.75 Å². The van der Waals surface area contributed by atoms with Crippen molar-refractivity contribution in [3.63, 3.8) is 0 Å². The maximum Gasteiger partial charge on any atom is 0.416 e. The molecule has 0 radical (unpaired) electrons. The first-order valence-corrected chi connectivity index (χ1v) is 9.63. The molecule has 1 fully saturated rings. The summed E-state index contributed by atoms with van der Waals surface area (Å²) in [6.45, 7) is 1.19. The molecule has 0 spiro atoms. The number of likely N-dealkylation sites (tertiary alicyclic amines) is 1. The van der Waals surface area contributed by atoms with Gasteiger partial charge in [-0.25, -0.2) is 0 Å². The summed E-state index contributed by atoms with van der Waals surface area (Å²) in [7, 11) is 0. The van der Waals surface area contributed by atoms with Crippen molar-refractivity contribution in [2.75, 3.05) is 19.7 Å². The number of hydrogen-bond acceptors (Lipinski definition) is 3. The number of alkyl halides is 3. The molecular formula is C21H21ClF3NO3. The normalized spacial score (nSPS) is 17.2. The predicted octanol–water partition coefficient (Wildman–Crippen LogP) is 4.95. The molecule has 2 aromatic rings. The number of nitrogens with zero attached hydrogens (tertiary/aromatic N) is 1. The molecule has 2 aromatic carbocycles. The number of hydrogen-bond donors (Lipinski definition) is 0. The van der Waals surface area contributed by atoms with E-state index in [1.165, 1.54) is 12.1 Å². The Hall–Kier alpha value is -2.25. The van der Waals surface area contributed by atoms with Gasteiger partial charge in [0.1, 0.15) is 5.75 Å². The lowest BCUT2D eigenvalue weighted by Crippen LogP contribution is -2.45. The highest BCUT2D eigenvalue weighted by Gasteiger charge is 2.30. The fraction of sp³-hybridized carbons (Fsp3) is 0.381. The summed E-state index contributed by atoms with van der Waals surface area (Å²) in [5.74, 6) is 0.428. The van der Waals surface area contributed by atoms with E-state index in [-0.39, 0.29) is 25.2 Å². The highest BCUT2D eigenvalue weighted by atomic mass is 35.5. The minimum absolute atomic E-state index is 0.0761. The SMILES string of the molecule is O=C(COc1ccc(Cl)cc1)N1CCC[C@@H](OCc2ccc(C(F)(F)F)cc2)C1. The van der Waals surface area contributed by atoms with Crippen molar-refractivity contribution in [3.05, 3.63) is 64.7 Å². The number of ether oxygens (including phenoxy) is 2. The summed E-state index contributed by atoms with van der Waals surface area (Å²) < 4.78 is 49.2. The van der Waals surface area contributed by atoms with Crippen molar-refractivity contribution in [3.8, 4) is 5.75 Å². The number of rotatable bonds is 6. The average molecular weight is 428 g/mol. The lowest BCUT2D eigenvalue weighted by Gasteiger charge is -2.32. The van der Waals surface area contributed by atoms with Gasteiger partial charge in [-0.15, -0.1) is 0 Å². The zero-order valence-electron chi connectivity index (χ0n) is 15.6. The number of carbonyl (C=O) groups excluding carboxylic acids is 1. The fourth-order valence-corrected chi connectivity index (χ4v) is 3.20. The second-order valence-electron chi connectivity index (χ2n) is 6.85. The van der Waals surface area contributed by atoms with E-state index in [0.29, 0.717) is 29.4 Å². The summed E-state index contributed by atoms with van der Waals surface area (Å²) in [5.41, 5.74) is -0.0242. The Bertz CT molecular complexity index is 809. The summed E-state index contributed by atoms with van der Waals surface area (Å²) in [6, 6.07) is 11.7. The summed E-state index contributed by atoms with van der Waals surface area (Å²) in [6.07, 6.45) is -2.92. The van der Waals surface area contributed by atoms with E-state index in [9.17, 15) is 18.0 Å². The van der Waals surface area contributed by atoms with Crippen LogP contribution in [0.2, 0.25) is 5.02 Å². The Kier molecular flexibility index (Phi) is 7.03. The van der Waals surface area contributed by atoms with E-state index < -0.39 is 11.7 Å². The smallest absolute Gasteiger partial charge is 0.416 e. The Labute approximate surface area is 172 Å². The molecule has 0 aliphatic carbocycles. The molecule has 1 saturated heterocycles. The Morgan fingerprint density at radius 2 is 1.79 bits per heavy atom. The second kappa shape index (κ2) is 9.50. The maximum atomic E-state index is 12.6. The molecular weight excluding hydrogens is 407 g/mol. The van der Waals surface area contributed by atoms with Gasteiger partial charge in [-0.1, -0.05) is 23.7 Å². The number of benzene rings is 2. The number of piperidine rings is 1. The van der Waals surface area contributed by atoms with Crippen LogP contribution in [-0.2, 0) is 22.3 Å². The van der Waals surface area contributed by atoms with Crippen LogP contribution in [0.1, 0.15) is 24.0 Å². The Morgan fingerprint density at radius 1 is 1.10 bits per heavy atom. The maximum absolute atomic E-state index is 12.6. The molecule has 156 valence electrons. The van der Waals surface area contributed by atoms with Crippen molar-refractivity contribution in [2.24, 2.45) is 0 Å². The number of halogens is 4. The third kappa shape index (κ3) is 6.37. The molecule has 1 aliphatic rings. The van der Waals surface area contributed by atoms with Crippen LogP contribution < -0.4 is 4.74 Å². The molecule has 0 bridgehead atoms. The van der Waals surface area contributed by atoms with Crippen LogP contribution in [0.4, 0.5) is 13.2 Å². The van der Waals surface area contributed by atoms with E-state index in [0.717, 1.165) is 25.0 Å². The molecule has 3 rings (SSSR count). The van der Waals surface area contributed by atoms with Crippen molar-refractivity contribution in [1.82, 2.24) is 4.90 Å². The lowest BCUT2D eigenvalue weighted by atomic mass is 10.1. The highest BCUT2D eigenvalue weighted by Crippen LogP contribution is 2.29. The zero-order chi connectivity index (χ0) is 20.9. The molecule has 4 nitrogen and oxygen atoms in total. The summed E-state index contributed by atoms with van der Waals surface area (Å²) in [5, 5.41) is 0.591. The molecule has 0 saturated carbocycles. The van der Waals surface area contributed by atoms with Crippen LogP contribution in [-0.4, -0.2) is 36.6 Å². The van der Waals surface area contributed by atoms with Gasteiger partial charge in [-0.2, -0.15) is 13.2 Å². The van der Waals surface area contributed by atoms with E-state index >= 15 is 0 Å². The molecule has 1 amide bonds. The van der Waals surface area contributed by atoms with Crippen LogP contribution in [0.15, 0.2) is 48.5 Å². The van der Waals surface area contributed by atoms with E-state index in [4.69, 9.17) is 21.1 Å². The van der Waals surface area contributed by atoms with Gasteiger partial charge < -0.3 is 14.4 Å². The van der Waals surface area contributed by atoms with E-state index in [1.807, 2.05) is 0 Å². The van der Waals surface area contributed by atoms with Crippen LogP contribution in [0, 0.1) is 0 Å². The summed E-state index contributed by atoms with van der Waals surface area (Å²) in [4.78, 5) is 14.1. The quantitative estimate of drug-likeness (QED) is 0.655. The minimum Gasteiger partial charge on any atom is -0.484 e. The van der Waals surface area contributed by atoms with Crippen molar-refractivity contribution >= 4 is 17.5 Å². The predicted molar refractivity (Wildman–Crippen MR) is 103 cm³/mol. The molecule has 1 atom stereocenters. The van der Waals surface area contributed by atoms with Gasteiger partial charge in [0.15, 0.2) is 6.61 Å². The van der Waals surface area contributed by atoms with Gasteiger partial charge >= 0.3 is 6.18 Å². The molecule has 0 aromatic heterocycles. The molecule has 1 aliphatic heterocycles. The first kappa shape index (κ1) is 21.5. The third-order valence-corrected chi connectivity index (χ3v) is 4.93. The van der Waals surface area contributed by atoms with Crippen molar-refractivity contribution in [1.29, 1.82) is 0 Å². The van der Waals surface area contributed by atoms with Gasteiger partial charge in [-0.05, 0) is 54.8 Å². The van der Waals surface area contributed by atoms with Crippen LogP contribution in [0.25, 0.3) is 0 Å². The molecule has 0 N–H and O–H groups in total. The van der Waals surface area contributed by atoms with Crippen molar-refractivity contribution in [2.45, 2.75) is 31.7 Å². The minimum atomic E-state index is -4.35. The molecule has 0 unspecified atom stereocenters. The Balaban J connectivity index is 1.46. The lowest BCUT2D eigenvalue weighted by molar-refractivity contribution is -0.138.